The highest BCUT2D eigenvalue weighted by Gasteiger charge is 2.27. The lowest BCUT2D eigenvalue weighted by Crippen LogP contribution is -2.13. The summed E-state index contributed by atoms with van der Waals surface area (Å²) in [5, 5.41) is 12.1. The van der Waals surface area contributed by atoms with Gasteiger partial charge in [0.2, 0.25) is 0 Å². The summed E-state index contributed by atoms with van der Waals surface area (Å²) in [5.41, 5.74) is 4.66. The van der Waals surface area contributed by atoms with Gasteiger partial charge in [0.25, 0.3) is 0 Å². The van der Waals surface area contributed by atoms with Crippen molar-refractivity contribution in [1.82, 2.24) is 14.5 Å². The van der Waals surface area contributed by atoms with Crippen molar-refractivity contribution in [3.8, 4) is 16.9 Å². The number of fused-ring (bicyclic) bond motifs is 1. The Bertz CT molecular complexity index is 1050. The van der Waals surface area contributed by atoms with Gasteiger partial charge in [-0.2, -0.15) is 0 Å². The fourth-order valence-electron chi connectivity index (χ4n) is 3.97. The SMILES string of the molecule is CCCCn1c(C)c(C(=O)OCC)c2c(CN(C)C)c(O)c(-c3cccnc3)cc21.Cl. The average molecular weight is 446 g/mol. The van der Waals surface area contributed by atoms with Gasteiger partial charge in [-0.05, 0) is 46.5 Å². The number of esters is 1. The molecule has 2 aromatic heterocycles. The van der Waals surface area contributed by atoms with E-state index in [0.29, 0.717) is 18.7 Å². The van der Waals surface area contributed by atoms with Gasteiger partial charge in [0, 0.05) is 53.3 Å². The van der Waals surface area contributed by atoms with Gasteiger partial charge in [-0.3, -0.25) is 4.98 Å². The summed E-state index contributed by atoms with van der Waals surface area (Å²) in [7, 11) is 3.90. The van der Waals surface area contributed by atoms with Crippen LogP contribution in [0.15, 0.2) is 30.6 Å². The number of hydrogen-bond acceptors (Lipinski definition) is 5. The highest BCUT2D eigenvalue weighted by atomic mass is 35.5. The van der Waals surface area contributed by atoms with Gasteiger partial charge in [0.1, 0.15) is 5.75 Å². The van der Waals surface area contributed by atoms with Gasteiger partial charge in [0.15, 0.2) is 0 Å². The van der Waals surface area contributed by atoms with Crippen LogP contribution in [0.4, 0.5) is 0 Å². The number of halogens is 1. The maximum absolute atomic E-state index is 12.9. The van der Waals surface area contributed by atoms with Crippen molar-refractivity contribution in [3.63, 3.8) is 0 Å². The molecule has 7 heteroatoms. The molecule has 31 heavy (non-hydrogen) atoms. The molecule has 0 amide bonds. The Hall–Kier alpha value is -2.57. The van der Waals surface area contributed by atoms with E-state index in [2.05, 4.69) is 16.5 Å². The zero-order valence-electron chi connectivity index (χ0n) is 18.9. The molecular formula is C24H32ClN3O3. The molecule has 0 aliphatic rings. The topological polar surface area (TPSA) is 67.6 Å². The molecule has 0 saturated heterocycles. The minimum atomic E-state index is -0.344. The van der Waals surface area contributed by atoms with Crippen molar-refractivity contribution in [2.45, 2.75) is 46.7 Å². The molecule has 3 aromatic rings. The Kier molecular flexibility index (Phi) is 8.48. The predicted molar refractivity (Wildman–Crippen MR) is 127 cm³/mol. The van der Waals surface area contributed by atoms with Crippen molar-refractivity contribution in [3.05, 3.63) is 47.4 Å². The molecule has 168 valence electrons. The molecular weight excluding hydrogens is 414 g/mol. The number of ether oxygens (including phenoxy) is 1. The number of unbranched alkanes of at least 4 members (excludes halogenated alkanes) is 1. The van der Waals surface area contributed by atoms with Crippen molar-refractivity contribution < 1.29 is 14.6 Å². The second-order valence-corrected chi connectivity index (χ2v) is 7.81. The van der Waals surface area contributed by atoms with Gasteiger partial charge >= 0.3 is 5.97 Å². The quantitative estimate of drug-likeness (QED) is 0.484. The molecule has 0 spiro atoms. The number of phenols is 1. The van der Waals surface area contributed by atoms with E-state index in [-0.39, 0.29) is 24.1 Å². The van der Waals surface area contributed by atoms with Gasteiger partial charge in [-0.15, -0.1) is 12.4 Å². The maximum Gasteiger partial charge on any atom is 0.340 e. The number of rotatable bonds is 8. The van der Waals surface area contributed by atoms with E-state index in [1.165, 1.54) is 0 Å². The van der Waals surface area contributed by atoms with Crippen LogP contribution < -0.4 is 0 Å². The first-order valence-electron chi connectivity index (χ1n) is 10.5. The number of hydrogen-bond donors (Lipinski definition) is 1. The second-order valence-electron chi connectivity index (χ2n) is 7.81. The predicted octanol–water partition coefficient (Wildman–Crippen LogP) is 5.18. The third-order valence-electron chi connectivity index (χ3n) is 5.35. The average Bonchev–Trinajstić information content (AvgIpc) is 3.00. The molecule has 2 heterocycles. The standard InChI is InChI=1S/C24H31N3O3.ClH/c1-6-8-12-27-16(3)21(24(29)30-7-2)22-19(15-26(4)5)23(28)18(13-20(22)27)17-10-9-11-25-14-17;/h9-11,13-14,28H,6-8,12,15H2,1-5H3;1H. The summed E-state index contributed by atoms with van der Waals surface area (Å²) in [6.45, 7) is 7.53. The first-order valence-corrected chi connectivity index (χ1v) is 10.5. The van der Waals surface area contributed by atoms with E-state index < -0.39 is 0 Å². The minimum absolute atomic E-state index is 0. The normalized spacial score (nSPS) is 11.0. The van der Waals surface area contributed by atoms with E-state index in [9.17, 15) is 9.90 Å². The lowest BCUT2D eigenvalue weighted by Gasteiger charge is -2.17. The van der Waals surface area contributed by atoms with Crippen LogP contribution in [-0.4, -0.2) is 46.2 Å². The summed E-state index contributed by atoms with van der Waals surface area (Å²) in [6, 6.07) is 5.77. The van der Waals surface area contributed by atoms with E-state index in [1.807, 2.05) is 51.0 Å². The summed E-state index contributed by atoms with van der Waals surface area (Å²) in [5.74, 6) is -0.161. The molecule has 1 N–H and O–H groups in total. The zero-order valence-corrected chi connectivity index (χ0v) is 19.8. The number of pyridine rings is 1. The Labute approximate surface area is 190 Å². The smallest absolute Gasteiger partial charge is 0.340 e. The summed E-state index contributed by atoms with van der Waals surface area (Å²) in [6.07, 6.45) is 5.51. The van der Waals surface area contributed by atoms with Crippen molar-refractivity contribution >= 4 is 29.3 Å². The number of aryl methyl sites for hydroxylation is 1. The van der Waals surface area contributed by atoms with Crippen molar-refractivity contribution in [1.29, 1.82) is 0 Å². The highest BCUT2D eigenvalue weighted by Crippen LogP contribution is 2.41. The molecule has 0 bridgehead atoms. The van der Waals surface area contributed by atoms with Gasteiger partial charge in [0.05, 0.1) is 17.7 Å². The third kappa shape index (κ3) is 4.86. The number of carbonyl (C=O) groups excluding carboxylic acids is 1. The van der Waals surface area contributed by atoms with Crippen LogP contribution in [0.3, 0.4) is 0 Å². The van der Waals surface area contributed by atoms with Crippen LogP contribution in [0.2, 0.25) is 0 Å². The van der Waals surface area contributed by atoms with E-state index in [1.54, 1.807) is 12.4 Å². The monoisotopic (exact) mass is 445 g/mol. The zero-order chi connectivity index (χ0) is 21.8. The van der Waals surface area contributed by atoms with Crippen LogP contribution >= 0.6 is 12.4 Å². The number of carbonyl (C=O) groups is 1. The molecule has 1 aromatic carbocycles. The van der Waals surface area contributed by atoms with Gasteiger partial charge in [-0.25, -0.2) is 4.79 Å². The fourth-order valence-corrected chi connectivity index (χ4v) is 3.97. The number of phenolic OH excluding ortho intramolecular Hbond substituents is 1. The van der Waals surface area contributed by atoms with Crippen molar-refractivity contribution in [2.24, 2.45) is 0 Å². The molecule has 0 aliphatic heterocycles. The van der Waals surface area contributed by atoms with Crippen LogP contribution in [0.25, 0.3) is 22.0 Å². The van der Waals surface area contributed by atoms with E-state index >= 15 is 0 Å². The molecule has 0 unspecified atom stereocenters. The van der Waals surface area contributed by atoms with E-state index in [4.69, 9.17) is 4.74 Å². The molecule has 0 fully saturated rings. The van der Waals surface area contributed by atoms with Crippen LogP contribution in [0.5, 0.6) is 5.75 Å². The molecule has 6 nitrogen and oxygen atoms in total. The van der Waals surface area contributed by atoms with Gasteiger partial charge in [-0.1, -0.05) is 19.4 Å². The first kappa shape index (κ1) is 24.7. The molecule has 0 aliphatic carbocycles. The Morgan fingerprint density at radius 3 is 2.61 bits per heavy atom. The lowest BCUT2D eigenvalue weighted by atomic mass is 9.96. The minimum Gasteiger partial charge on any atom is -0.507 e. The number of nitrogens with zero attached hydrogens (tertiary/aromatic N) is 3. The molecule has 0 radical (unpaired) electrons. The van der Waals surface area contributed by atoms with Crippen LogP contribution in [-0.2, 0) is 17.8 Å². The van der Waals surface area contributed by atoms with Crippen LogP contribution in [0, 0.1) is 6.92 Å². The van der Waals surface area contributed by atoms with Crippen LogP contribution in [0.1, 0.15) is 48.3 Å². The maximum atomic E-state index is 12.9. The van der Waals surface area contributed by atoms with Gasteiger partial charge < -0.3 is 19.3 Å². The van der Waals surface area contributed by atoms with E-state index in [0.717, 1.165) is 52.7 Å². The fraction of sp³-hybridized carbons (Fsp3) is 0.417. The molecule has 3 rings (SSSR count). The Balaban J connectivity index is 0.00000341. The summed E-state index contributed by atoms with van der Waals surface area (Å²) < 4.78 is 7.58. The Morgan fingerprint density at radius 1 is 1.29 bits per heavy atom. The largest absolute Gasteiger partial charge is 0.507 e. The number of aromatic hydroxyl groups is 1. The Morgan fingerprint density at radius 2 is 2.03 bits per heavy atom. The lowest BCUT2D eigenvalue weighted by molar-refractivity contribution is 0.0527. The molecule has 0 atom stereocenters. The summed E-state index contributed by atoms with van der Waals surface area (Å²) in [4.78, 5) is 19.1. The van der Waals surface area contributed by atoms with Crippen molar-refractivity contribution in [2.75, 3.05) is 20.7 Å². The number of aromatic nitrogens is 2. The third-order valence-corrected chi connectivity index (χ3v) is 5.35. The highest BCUT2D eigenvalue weighted by molar-refractivity contribution is 6.09. The number of benzene rings is 1. The summed E-state index contributed by atoms with van der Waals surface area (Å²) >= 11 is 0. The first-order chi connectivity index (χ1) is 14.4. The second kappa shape index (κ2) is 10.6. The molecule has 0 saturated carbocycles.